The van der Waals surface area contributed by atoms with Gasteiger partial charge in [0.1, 0.15) is 12.6 Å². The fourth-order valence-corrected chi connectivity index (χ4v) is 3.27. The summed E-state index contributed by atoms with van der Waals surface area (Å²) in [5.41, 5.74) is 0. The Balaban J connectivity index is 1.80. The second-order valence-corrected chi connectivity index (χ2v) is 6.21. The molecular weight excluding hydrogens is 272 g/mol. The number of piperidine rings is 1. The zero-order valence-electron chi connectivity index (χ0n) is 13.0. The first-order valence-corrected chi connectivity index (χ1v) is 7.87. The summed E-state index contributed by atoms with van der Waals surface area (Å²) in [5.74, 6) is -0.672. The van der Waals surface area contributed by atoms with E-state index >= 15 is 0 Å². The van der Waals surface area contributed by atoms with E-state index in [9.17, 15) is 14.7 Å². The SMILES string of the molecule is CC(C)OCC(=O)N1CCC(N2CCCC2C(=O)O)CC1. The van der Waals surface area contributed by atoms with Crippen molar-refractivity contribution < 1.29 is 19.4 Å². The lowest BCUT2D eigenvalue weighted by molar-refractivity contribution is -0.145. The van der Waals surface area contributed by atoms with E-state index in [1.807, 2.05) is 18.7 Å². The molecule has 0 aromatic carbocycles. The number of hydrogen-bond acceptors (Lipinski definition) is 4. The molecule has 21 heavy (non-hydrogen) atoms. The first-order valence-electron chi connectivity index (χ1n) is 7.87. The second kappa shape index (κ2) is 7.22. The van der Waals surface area contributed by atoms with Crippen molar-refractivity contribution in [3.8, 4) is 0 Å². The molecule has 1 amide bonds. The monoisotopic (exact) mass is 298 g/mol. The third-order valence-electron chi connectivity index (χ3n) is 4.41. The summed E-state index contributed by atoms with van der Waals surface area (Å²) in [4.78, 5) is 27.2. The van der Waals surface area contributed by atoms with Gasteiger partial charge in [0.05, 0.1) is 6.10 Å². The first kappa shape index (κ1) is 16.2. The fraction of sp³-hybridized carbons (Fsp3) is 0.867. The average Bonchev–Trinajstić information content (AvgIpc) is 2.94. The van der Waals surface area contributed by atoms with Gasteiger partial charge < -0.3 is 14.7 Å². The number of carboxylic acid groups (broad SMARTS) is 1. The molecule has 2 fully saturated rings. The molecule has 2 aliphatic heterocycles. The van der Waals surface area contributed by atoms with Crippen LogP contribution in [0.15, 0.2) is 0 Å². The summed E-state index contributed by atoms with van der Waals surface area (Å²) in [6, 6.07) is -0.0369. The molecule has 0 aliphatic carbocycles. The van der Waals surface area contributed by atoms with E-state index in [4.69, 9.17) is 4.74 Å². The molecule has 2 heterocycles. The van der Waals surface area contributed by atoms with Crippen LogP contribution in [-0.2, 0) is 14.3 Å². The highest BCUT2D eigenvalue weighted by Crippen LogP contribution is 2.26. The third kappa shape index (κ3) is 4.17. The Labute approximate surface area is 126 Å². The molecule has 0 aromatic heterocycles. The number of likely N-dealkylation sites (tertiary alicyclic amines) is 2. The number of carbonyl (C=O) groups is 2. The van der Waals surface area contributed by atoms with Crippen LogP contribution in [0.3, 0.4) is 0 Å². The molecule has 120 valence electrons. The number of amides is 1. The number of aliphatic carboxylic acids is 1. The van der Waals surface area contributed by atoms with E-state index < -0.39 is 5.97 Å². The van der Waals surface area contributed by atoms with Crippen molar-refractivity contribution >= 4 is 11.9 Å². The zero-order valence-corrected chi connectivity index (χ0v) is 13.0. The van der Waals surface area contributed by atoms with E-state index in [0.29, 0.717) is 19.1 Å². The molecule has 2 aliphatic rings. The molecule has 1 unspecified atom stereocenters. The molecule has 0 saturated carbocycles. The summed E-state index contributed by atoms with van der Waals surface area (Å²) >= 11 is 0. The summed E-state index contributed by atoms with van der Waals surface area (Å²) in [6.45, 7) is 6.25. The highest BCUT2D eigenvalue weighted by Gasteiger charge is 2.37. The Morgan fingerprint density at radius 3 is 2.43 bits per heavy atom. The first-order chi connectivity index (χ1) is 9.99. The van der Waals surface area contributed by atoms with Gasteiger partial charge in [0.25, 0.3) is 0 Å². The van der Waals surface area contributed by atoms with Crippen molar-refractivity contribution in [2.45, 2.75) is 57.7 Å². The van der Waals surface area contributed by atoms with Crippen molar-refractivity contribution in [1.82, 2.24) is 9.80 Å². The van der Waals surface area contributed by atoms with Crippen LogP contribution in [0.2, 0.25) is 0 Å². The summed E-state index contributed by atoms with van der Waals surface area (Å²) in [6.07, 6.45) is 3.48. The molecule has 2 saturated heterocycles. The number of hydrogen-bond donors (Lipinski definition) is 1. The molecule has 0 spiro atoms. The van der Waals surface area contributed by atoms with E-state index in [-0.39, 0.29) is 24.7 Å². The van der Waals surface area contributed by atoms with Crippen LogP contribution in [-0.4, -0.2) is 71.2 Å². The topological polar surface area (TPSA) is 70.1 Å². The fourth-order valence-electron chi connectivity index (χ4n) is 3.27. The Hall–Kier alpha value is -1.14. The lowest BCUT2D eigenvalue weighted by atomic mass is 10.0. The molecule has 2 rings (SSSR count). The third-order valence-corrected chi connectivity index (χ3v) is 4.41. The van der Waals surface area contributed by atoms with Crippen molar-refractivity contribution in [2.75, 3.05) is 26.2 Å². The molecule has 0 bridgehead atoms. The van der Waals surface area contributed by atoms with Crippen LogP contribution in [0.4, 0.5) is 0 Å². The maximum Gasteiger partial charge on any atom is 0.320 e. The number of nitrogens with zero attached hydrogens (tertiary/aromatic N) is 2. The van der Waals surface area contributed by atoms with Gasteiger partial charge in [0.15, 0.2) is 0 Å². The maximum absolute atomic E-state index is 12.0. The van der Waals surface area contributed by atoms with Gasteiger partial charge in [-0.2, -0.15) is 0 Å². The van der Waals surface area contributed by atoms with E-state index in [1.165, 1.54) is 0 Å². The largest absolute Gasteiger partial charge is 0.480 e. The quantitative estimate of drug-likeness (QED) is 0.818. The summed E-state index contributed by atoms with van der Waals surface area (Å²) < 4.78 is 5.35. The minimum absolute atomic E-state index is 0.0401. The maximum atomic E-state index is 12.0. The number of rotatable bonds is 5. The van der Waals surface area contributed by atoms with Crippen molar-refractivity contribution in [1.29, 1.82) is 0 Å². The highest BCUT2D eigenvalue weighted by molar-refractivity contribution is 5.77. The Morgan fingerprint density at radius 1 is 1.19 bits per heavy atom. The van der Waals surface area contributed by atoms with Gasteiger partial charge in [-0.1, -0.05) is 0 Å². The van der Waals surface area contributed by atoms with Gasteiger partial charge in [-0.05, 0) is 46.1 Å². The second-order valence-electron chi connectivity index (χ2n) is 6.21. The normalized spacial score (nSPS) is 24.7. The van der Waals surface area contributed by atoms with Crippen LogP contribution < -0.4 is 0 Å². The average molecular weight is 298 g/mol. The van der Waals surface area contributed by atoms with Crippen LogP contribution in [0.1, 0.15) is 39.5 Å². The van der Waals surface area contributed by atoms with Gasteiger partial charge in [0, 0.05) is 19.1 Å². The molecule has 1 N–H and O–H groups in total. The molecule has 0 radical (unpaired) electrons. The van der Waals surface area contributed by atoms with Crippen LogP contribution in [0.5, 0.6) is 0 Å². The Morgan fingerprint density at radius 2 is 1.86 bits per heavy atom. The lowest BCUT2D eigenvalue weighted by Crippen LogP contribution is -2.50. The van der Waals surface area contributed by atoms with Gasteiger partial charge in [-0.3, -0.25) is 14.5 Å². The smallest absolute Gasteiger partial charge is 0.320 e. The minimum Gasteiger partial charge on any atom is -0.480 e. The van der Waals surface area contributed by atoms with Gasteiger partial charge >= 0.3 is 5.97 Å². The van der Waals surface area contributed by atoms with Gasteiger partial charge in [-0.15, -0.1) is 0 Å². The zero-order chi connectivity index (χ0) is 15.4. The van der Waals surface area contributed by atoms with E-state index in [2.05, 4.69) is 4.90 Å². The molecular formula is C15H26N2O4. The van der Waals surface area contributed by atoms with Gasteiger partial charge in [-0.25, -0.2) is 0 Å². The number of carboxylic acids is 1. The van der Waals surface area contributed by atoms with Gasteiger partial charge in [0.2, 0.25) is 5.91 Å². The highest BCUT2D eigenvalue weighted by atomic mass is 16.5. The number of carbonyl (C=O) groups excluding carboxylic acids is 1. The van der Waals surface area contributed by atoms with Crippen LogP contribution >= 0.6 is 0 Å². The predicted octanol–water partition coefficient (Wildman–Crippen LogP) is 0.951. The standard InChI is InChI=1S/C15H26N2O4/c1-11(2)21-10-14(18)16-8-5-12(6-9-16)17-7-3-4-13(17)15(19)20/h11-13H,3-10H2,1-2H3,(H,19,20). The number of ether oxygens (including phenoxy) is 1. The minimum atomic E-state index is -0.712. The van der Waals surface area contributed by atoms with Crippen molar-refractivity contribution in [3.63, 3.8) is 0 Å². The van der Waals surface area contributed by atoms with Crippen LogP contribution in [0, 0.1) is 0 Å². The molecule has 6 heteroatoms. The summed E-state index contributed by atoms with van der Waals surface area (Å²) in [5, 5.41) is 9.25. The van der Waals surface area contributed by atoms with E-state index in [0.717, 1.165) is 32.2 Å². The van der Waals surface area contributed by atoms with Crippen molar-refractivity contribution in [3.05, 3.63) is 0 Å². The van der Waals surface area contributed by atoms with Crippen LogP contribution in [0.25, 0.3) is 0 Å². The molecule has 0 aromatic rings. The molecule has 1 atom stereocenters. The van der Waals surface area contributed by atoms with Crippen molar-refractivity contribution in [2.24, 2.45) is 0 Å². The lowest BCUT2D eigenvalue weighted by Gasteiger charge is -2.38. The van der Waals surface area contributed by atoms with E-state index in [1.54, 1.807) is 0 Å². The Bertz CT molecular complexity index is 378. The molecule has 6 nitrogen and oxygen atoms in total. The predicted molar refractivity (Wildman–Crippen MR) is 78.1 cm³/mol. The summed E-state index contributed by atoms with van der Waals surface area (Å²) in [7, 11) is 0. The Kier molecular flexibility index (Phi) is 5.58.